The monoisotopic (exact) mass is 409 g/mol. The van der Waals surface area contributed by atoms with Gasteiger partial charge in [-0.1, -0.05) is 12.6 Å². The molecular formula is C20H20FN7O2. The van der Waals surface area contributed by atoms with Crippen LogP contribution in [0.2, 0.25) is 0 Å². The van der Waals surface area contributed by atoms with E-state index < -0.39 is 11.9 Å². The second-order valence-corrected chi connectivity index (χ2v) is 6.79. The van der Waals surface area contributed by atoms with Crippen molar-refractivity contribution in [1.29, 1.82) is 0 Å². The van der Waals surface area contributed by atoms with E-state index >= 15 is 0 Å². The van der Waals surface area contributed by atoms with Crippen molar-refractivity contribution < 1.29 is 13.9 Å². The molecule has 1 atom stereocenters. The Morgan fingerprint density at radius 3 is 2.90 bits per heavy atom. The van der Waals surface area contributed by atoms with Crippen LogP contribution in [0.1, 0.15) is 13.3 Å². The molecule has 1 aliphatic rings. The molecule has 1 amide bonds. The number of hydrogen-bond acceptors (Lipinski definition) is 6. The van der Waals surface area contributed by atoms with Crippen molar-refractivity contribution in [2.75, 3.05) is 11.4 Å². The number of amides is 1. The third-order valence-corrected chi connectivity index (χ3v) is 4.75. The first-order chi connectivity index (χ1) is 14.1. The predicted octanol–water partition coefficient (Wildman–Crippen LogP) is 3.10. The molecule has 4 heterocycles. The molecule has 1 aliphatic heterocycles. The molecule has 1 saturated heterocycles. The van der Waals surface area contributed by atoms with E-state index in [1.54, 1.807) is 59.0 Å². The Kier molecular flexibility index (Phi) is 4.90. The lowest BCUT2D eigenvalue weighted by atomic mass is 10.1. The minimum atomic E-state index is -0.512. The Hall–Kier alpha value is -3.82. The molecule has 1 aromatic carbocycles. The van der Waals surface area contributed by atoms with Gasteiger partial charge in [-0.05, 0) is 37.3 Å². The zero-order valence-corrected chi connectivity index (χ0v) is 15.4. The van der Waals surface area contributed by atoms with E-state index in [0.29, 0.717) is 41.4 Å². The Labute approximate surface area is 171 Å². The fourth-order valence-corrected chi connectivity index (χ4v) is 3.43. The van der Waals surface area contributed by atoms with Gasteiger partial charge in [0.15, 0.2) is 5.65 Å². The van der Waals surface area contributed by atoms with Crippen LogP contribution in [0.3, 0.4) is 0 Å². The average molecular weight is 409 g/mol. The first-order valence-corrected chi connectivity index (χ1v) is 9.02. The Bertz CT molecular complexity index is 1210. The molecule has 154 valence electrons. The molecule has 5 rings (SSSR count). The molecule has 9 nitrogen and oxygen atoms in total. The normalized spacial score (nSPS) is 16.0. The fraction of sp³-hybridized carbons (Fsp3) is 0.250. The number of carbonyl (C=O) groups excluding carboxylic acids is 1. The number of carbonyl (C=O) groups is 1. The van der Waals surface area contributed by atoms with Gasteiger partial charge in [0.2, 0.25) is 0 Å². The summed E-state index contributed by atoms with van der Waals surface area (Å²) in [5.74, 6) is 0.206. The van der Waals surface area contributed by atoms with Crippen molar-refractivity contribution in [2.45, 2.75) is 27.0 Å². The summed E-state index contributed by atoms with van der Waals surface area (Å²) in [4.78, 5) is 17.9. The number of aryl methyl sites for hydroxylation is 1. The van der Waals surface area contributed by atoms with Gasteiger partial charge in [0.05, 0.1) is 25.0 Å². The van der Waals surface area contributed by atoms with Crippen LogP contribution >= 0.6 is 0 Å². The summed E-state index contributed by atoms with van der Waals surface area (Å²) in [6.07, 6.45) is 4.08. The number of ether oxygens (including phenoxy) is 1. The maximum Gasteiger partial charge on any atom is 0.414 e. The summed E-state index contributed by atoms with van der Waals surface area (Å²) in [5.41, 5.74) is 2.21. The van der Waals surface area contributed by atoms with E-state index in [1.165, 1.54) is 11.0 Å². The molecule has 1 fully saturated rings. The Morgan fingerprint density at radius 2 is 2.13 bits per heavy atom. The molecule has 0 aliphatic carbocycles. The van der Waals surface area contributed by atoms with Crippen LogP contribution in [-0.2, 0) is 11.3 Å². The van der Waals surface area contributed by atoms with Crippen molar-refractivity contribution in [2.24, 2.45) is 0 Å². The fourth-order valence-electron chi connectivity index (χ4n) is 3.43. The van der Waals surface area contributed by atoms with Gasteiger partial charge in [0, 0.05) is 23.5 Å². The van der Waals surface area contributed by atoms with Gasteiger partial charge in [-0.25, -0.2) is 23.4 Å². The van der Waals surface area contributed by atoms with Gasteiger partial charge in [0.25, 0.3) is 0 Å². The quantitative estimate of drug-likeness (QED) is 0.514. The van der Waals surface area contributed by atoms with Crippen LogP contribution in [0.4, 0.5) is 14.9 Å². The minimum absolute atomic E-state index is 0. The summed E-state index contributed by atoms with van der Waals surface area (Å²) in [6, 6.07) is 8.27. The number of anilines is 1. The molecule has 0 spiro atoms. The molecule has 10 heteroatoms. The van der Waals surface area contributed by atoms with Gasteiger partial charge in [0.1, 0.15) is 17.7 Å². The number of pyridine rings is 1. The number of benzene rings is 1. The third kappa shape index (κ3) is 3.47. The van der Waals surface area contributed by atoms with Crippen molar-refractivity contribution >= 4 is 17.4 Å². The lowest BCUT2D eigenvalue weighted by Crippen LogP contribution is -2.26. The number of halogens is 1. The van der Waals surface area contributed by atoms with Gasteiger partial charge >= 0.3 is 6.09 Å². The zero-order valence-electron chi connectivity index (χ0n) is 15.4. The van der Waals surface area contributed by atoms with Crippen molar-refractivity contribution in [3.05, 3.63) is 60.6 Å². The van der Waals surface area contributed by atoms with E-state index in [0.717, 1.165) is 0 Å². The third-order valence-electron chi connectivity index (χ3n) is 4.75. The molecule has 3 aromatic heterocycles. The zero-order chi connectivity index (χ0) is 20.0. The Balaban J connectivity index is 0.00000218. The summed E-state index contributed by atoms with van der Waals surface area (Å²) in [5, 5.41) is 11.9. The summed E-state index contributed by atoms with van der Waals surface area (Å²) in [7, 11) is 0. The number of nitrogens with zero attached hydrogens (tertiary/aromatic N) is 7. The van der Waals surface area contributed by atoms with E-state index in [2.05, 4.69) is 20.4 Å². The van der Waals surface area contributed by atoms with E-state index in [-0.39, 0.29) is 13.5 Å². The molecule has 0 saturated carbocycles. The first kappa shape index (κ1) is 19.5. The topological polar surface area (TPSA) is 90.4 Å². The summed E-state index contributed by atoms with van der Waals surface area (Å²) >= 11 is 0. The average Bonchev–Trinajstić information content (AvgIpc) is 3.41. The number of rotatable bonds is 4. The van der Waals surface area contributed by atoms with Gasteiger partial charge in [-0.15, -0.1) is 5.10 Å². The highest BCUT2D eigenvalue weighted by atomic mass is 19.1. The molecule has 0 N–H and O–H groups in total. The largest absolute Gasteiger partial charge is 0.442 e. The van der Waals surface area contributed by atoms with Crippen LogP contribution in [0.15, 0.2) is 48.9 Å². The van der Waals surface area contributed by atoms with E-state index in [4.69, 9.17) is 4.74 Å². The maximum atomic E-state index is 14.9. The summed E-state index contributed by atoms with van der Waals surface area (Å²) < 4.78 is 23.4. The Morgan fingerprint density at radius 1 is 1.27 bits per heavy atom. The second kappa shape index (κ2) is 7.54. The van der Waals surface area contributed by atoms with Gasteiger partial charge < -0.3 is 4.74 Å². The molecule has 0 unspecified atom stereocenters. The predicted molar refractivity (Wildman–Crippen MR) is 107 cm³/mol. The van der Waals surface area contributed by atoms with Gasteiger partial charge in [-0.3, -0.25) is 4.90 Å². The van der Waals surface area contributed by atoms with E-state index in [9.17, 15) is 9.18 Å². The highest BCUT2D eigenvalue weighted by Gasteiger charge is 2.33. The first-order valence-electron chi connectivity index (χ1n) is 9.02. The van der Waals surface area contributed by atoms with E-state index in [1.807, 2.05) is 0 Å². The second-order valence-electron chi connectivity index (χ2n) is 6.79. The van der Waals surface area contributed by atoms with Gasteiger partial charge in [-0.2, -0.15) is 5.10 Å². The molecule has 0 radical (unpaired) electrons. The number of hydrogen-bond donors (Lipinski definition) is 0. The lowest BCUT2D eigenvalue weighted by Gasteiger charge is -2.14. The SMILES string of the molecule is C.Cc1nc2ccc(-c3ccc(N4C[C@H](Cn5ccnn5)OC4=O)cc3F)cn2n1. The van der Waals surface area contributed by atoms with Crippen molar-refractivity contribution in [3.8, 4) is 11.1 Å². The minimum Gasteiger partial charge on any atom is -0.442 e. The van der Waals surface area contributed by atoms with Crippen LogP contribution < -0.4 is 4.90 Å². The van der Waals surface area contributed by atoms with Crippen molar-refractivity contribution in [1.82, 2.24) is 29.6 Å². The smallest absolute Gasteiger partial charge is 0.414 e. The highest BCUT2D eigenvalue weighted by Crippen LogP contribution is 2.29. The summed E-state index contributed by atoms with van der Waals surface area (Å²) in [6.45, 7) is 2.50. The van der Waals surface area contributed by atoms with Crippen LogP contribution in [0.25, 0.3) is 16.8 Å². The molecule has 4 aromatic rings. The standard InChI is InChI=1S/C19H16FN7O2.CH4/c1-12-22-18-5-2-13(9-27(18)23-12)16-4-3-14(8-17(16)20)26-11-15(29-19(26)28)10-25-7-6-21-24-25;/h2-9,15H,10-11H2,1H3;1H4/t15-;/m0./s1. The number of fused-ring (bicyclic) bond motifs is 1. The number of aromatic nitrogens is 6. The number of cyclic esters (lactones) is 1. The van der Waals surface area contributed by atoms with Crippen molar-refractivity contribution in [3.63, 3.8) is 0 Å². The molecular weight excluding hydrogens is 389 g/mol. The van der Waals surface area contributed by atoms with Crippen LogP contribution in [-0.4, -0.2) is 48.3 Å². The lowest BCUT2D eigenvalue weighted by molar-refractivity contribution is 0.129. The maximum absolute atomic E-state index is 14.9. The molecule has 30 heavy (non-hydrogen) atoms. The molecule has 0 bridgehead atoms. The van der Waals surface area contributed by atoms with Crippen LogP contribution in [0, 0.1) is 12.7 Å². The highest BCUT2D eigenvalue weighted by molar-refractivity contribution is 5.90. The van der Waals surface area contributed by atoms with Crippen LogP contribution in [0.5, 0.6) is 0 Å².